The Morgan fingerprint density at radius 1 is 0.806 bits per heavy atom. The van der Waals surface area contributed by atoms with Gasteiger partial charge in [-0.2, -0.15) is 0 Å². The summed E-state index contributed by atoms with van der Waals surface area (Å²) in [4.78, 5) is 57.7. The Morgan fingerprint density at radius 3 is 2.11 bits per heavy atom. The molecular weight excluding hydrogens is 458 g/mol. The molecule has 1 N–H and O–H groups in total. The summed E-state index contributed by atoms with van der Waals surface area (Å²) in [7, 11) is 0. The zero-order valence-corrected chi connectivity index (χ0v) is 20.6. The van der Waals surface area contributed by atoms with Gasteiger partial charge >= 0.3 is 0 Å². The van der Waals surface area contributed by atoms with Crippen LogP contribution in [0.2, 0.25) is 0 Å². The second-order valence-corrected chi connectivity index (χ2v) is 9.78. The largest absolute Gasteiger partial charge is 0.355 e. The van der Waals surface area contributed by atoms with E-state index in [4.69, 9.17) is 0 Å². The van der Waals surface area contributed by atoms with Crippen molar-refractivity contribution < 1.29 is 19.2 Å². The normalized spacial score (nSPS) is 18.9. The molecule has 0 unspecified atom stereocenters. The number of piperazine rings is 1. The Hall–Kier alpha value is -3.30. The van der Waals surface area contributed by atoms with Crippen LogP contribution in [-0.4, -0.2) is 109 Å². The third-order valence-electron chi connectivity index (χ3n) is 7.43. The highest BCUT2D eigenvalue weighted by Gasteiger charge is 2.33. The minimum Gasteiger partial charge on any atom is -0.355 e. The molecule has 3 aliphatic rings. The first-order valence-electron chi connectivity index (χ1n) is 12.9. The molecule has 190 valence electrons. The highest BCUT2D eigenvalue weighted by atomic mass is 16.2. The Balaban J connectivity index is 1.04. The fraction of sp³-hybridized carbons (Fsp3) is 0.481. The van der Waals surface area contributed by atoms with Gasteiger partial charge in [0.15, 0.2) is 0 Å². The predicted molar refractivity (Wildman–Crippen MR) is 136 cm³/mol. The van der Waals surface area contributed by atoms with E-state index in [1.165, 1.54) is 4.90 Å². The summed E-state index contributed by atoms with van der Waals surface area (Å²) in [6, 6.07) is 11.2. The van der Waals surface area contributed by atoms with E-state index in [9.17, 15) is 19.2 Å². The molecular formula is C27H33N5O4. The number of rotatable bonds is 9. The summed E-state index contributed by atoms with van der Waals surface area (Å²) >= 11 is 0. The number of benzene rings is 2. The molecule has 2 aromatic rings. The van der Waals surface area contributed by atoms with E-state index < -0.39 is 0 Å². The van der Waals surface area contributed by atoms with Crippen LogP contribution in [0.3, 0.4) is 0 Å². The quantitative estimate of drug-likeness (QED) is 0.418. The van der Waals surface area contributed by atoms with Crippen molar-refractivity contribution in [1.82, 2.24) is 24.9 Å². The molecule has 2 fully saturated rings. The van der Waals surface area contributed by atoms with Gasteiger partial charge in [0.05, 0.1) is 6.54 Å². The lowest BCUT2D eigenvalue weighted by Gasteiger charge is -2.35. The molecule has 5 rings (SSSR count). The monoisotopic (exact) mass is 491 g/mol. The maximum absolute atomic E-state index is 13.1. The smallest absolute Gasteiger partial charge is 0.261 e. The van der Waals surface area contributed by atoms with Crippen molar-refractivity contribution >= 4 is 34.4 Å². The molecule has 0 bridgehead atoms. The average molecular weight is 492 g/mol. The van der Waals surface area contributed by atoms with Crippen molar-refractivity contribution in [2.75, 3.05) is 65.4 Å². The Bertz CT molecular complexity index is 1120. The zero-order valence-electron chi connectivity index (χ0n) is 20.6. The number of nitrogens with one attached hydrogen (secondary N) is 1. The molecule has 3 heterocycles. The van der Waals surface area contributed by atoms with Crippen molar-refractivity contribution in [3.05, 3.63) is 47.5 Å². The first-order valence-corrected chi connectivity index (χ1v) is 12.9. The van der Waals surface area contributed by atoms with Crippen LogP contribution in [0.5, 0.6) is 0 Å². The first kappa shape index (κ1) is 24.4. The second kappa shape index (κ2) is 10.8. The molecule has 2 saturated heterocycles. The summed E-state index contributed by atoms with van der Waals surface area (Å²) in [6.45, 7) is 6.55. The molecule has 3 aliphatic heterocycles. The van der Waals surface area contributed by atoms with Crippen LogP contribution in [0.4, 0.5) is 0 Å². The molecule has 9 nitrogen and oxygen atoms in total. The van der Waals surface area contributed by atoms with Gasteiger partial charge in [0.25, 0.3) is 11.8 Å². The number of carbonyl (C=O) groups excluding carboxylic acids is 4. The number of likely N-dealkylation sites (tertiary alicyclic amines) is 1. The van der Waals surface area contributed by atoms with Crippen LogP contribution in [-0.2, 0) is 9.59 Å². The lowest BCUT2D eigenvalue weighted by atomic mass is 9.94. The van der Waals surface area contributed by atoms with Crippen LogP contribution < -0.4 is 5.32 Å². The topological polar surface area (TPSA) is 93.3 Å². The standard InChI is InChI=1S/C27H33N5O4/c33-23(28-10-4-12-31-11-3-9-24(31)34)19-30-15-13-29(14-16-30)17-18-32-26(35)21-7-1-5-20-6-2-8-22(25(20)21)27(32)36/h1-2,5-8H,3-4,9-19H2,(H,28,33). The van der Waals surface area contributed by atoms with E-state index in [-0.39, 0.29) is 23.6 Å². The van der Waals surface area contributed by atoms with Crippen LogP contribution in [0.15, 0.2) is 36.4 Å². The summed E-state index contributed by atoms with van der Waals surface area (Å²) in [5.41, 5.74) is 1.18. The maximum atomic E-state index is 13.1. The number of nitrogens with zero attached hydrogens (tertiary/aromatic N) is 4. The van der Waals surface area contributed by atoms with Gasteiger partial charge in [-0.1, -0.05) is 24.3 Å². The van der Waals surface area contributed by atoms with Gasteiger partial charge in [0, 0.05) is 81.8 Å². The van der Waals surface area contributed by atoms with Crippen LogP contribution in [0.1, 0.15) is 40.0 Å². The molecule has 0 saturated carbocycles. The molecule has 0 aliphatic carbocycles. The Labute approximate surface area is 211 Å². The molecule has 0 spiro atoms. The van der Waals surface area contributed by atoms with Gasteiger partial charge in [0.2, 0.25) is 11.8 Å². The maximum Gasteiger partial charge on any atom is 0.261 e. The lowest BCUT2D eigenvalue weighted by molar-refractivity contribution is -0.127. The third-order valence-corrected chi connectivity index (χ3v) is 7.43. The second-order valence-electron chi connectivity index (χ2n) is 9.78. The summed E-state index contributed by atoms with van der Waals surface area (Å²) < 4.78 is 0. The van der Waals surface area contributed by atoms with E-state index in [1.54, 1.807) is 12.1 Å². The molecule has 36 heavy (non-hydrogen) atoms. The highest BCUT2D eigenvalue weighted by Crippen LogP contribution is 2.29. The van der Waals surface area contributed by atoms with Gasteiger partial charge in [0.1, 0.15) is 0 Å². The van der Waals surface area contributed by atoms with E-state index in [0.717, 1.165) is 56.3 Å². The predicted octanol–water partition coefficient (Wildman–Crippen LogP) is 1.18. The van der Waals surface area contributed by atoms with E-state index in [1.807, 2.05) is 29.2 Å². The van der Waals surface area contributed by atoms with E-state index in [0.29, 0.717) is 50.3 Å². The van der Waals surface area contributed by atoms with Crippen molar-refractivity contribution in [1.29, 1.82) is 0 Å². The number of amides is 4. The molecule has 0 aromatic heterocycles. The molecule has 2 aromatic carbocycles. The SMILES string of the molecule is O=C(CN1CCN(CCN2C(=O)c3cccc4cccc(c34)C2=O)CC1)NCCCN1CCCC1=O. The Morgan fingerprint density at radius 2 is 1.47 bits per heavy atom. The van der Waals surface area contributed by atoms with Gasteiger partial charge in [-0.15, -0.1) is 0 Å². The summed E-state index contributed by atoms with van der Waals surface area (Å²) in [5.74, 6) is -0.230. The van der Waals surface area contributed by atoms with Gasteiger partial charge in [-0.25, -0.2) is 0 Å². The zero-order chi connectivity index (χ0) is 25.1. The third kappa shape index (κ3) is 5.12. The van der Waals surface area contributed by atoms with Crippen LogP contribution in [0.25, 0.3) is 10.8 Å². The van der Waals surface area contributed by atoms with Crippen molar-refractivity contribution in [3.8, 4) is 0 Å². The first-order chi connectivity index (χ1) is 17.5. The molecule has 9 heteroatoms. The van der Waals surface area contributed by atoms with Crippen molar-refractivity contribution in [2.45, 2.75) is 19.3 Å². The van der Waals surface area contributed by atoms with Gasteiger partial charge < -0.3 is 10.2 Å². The fourth-order valence-corrected chi connectivity index (χ4v) is 5.39. The summed E-state index contributed by atoms with van der Waals surface area (Å²) in [6.07, 6.45) is 2.36. The molecule has 4 amide bonds. The number of carbonyl (C=O) groups is 4. The van der Waals surface area contributed by atoms with Crippen molar-refractivity contribution in [2.24, 2.45) is 0 Å². The minimum atomic E-state index is -0.228. The highest BCUT2D eigenvalue weighted by molar-refractivity contribution is 6.25. The van der Waals surface area contributed by atoms with E-state index >= 15 is 0 Å². The molecule has 0 radical (unpaired) electrons. The Kier molecular flexibility index (Phi) is 7.29. The van der Waals surface area contributed by atoms with Crippen LogP contribution in [0, 0.1) is 0 Å². The number of hydrogen-bond donors (Lipinski definition) is 1. The molecule has 0 atom stereocenters. The number of hydrogen-bond acceptors (Lipinski definition) is 6. The minimum absolute atomic E-state index is 0.00792. The van der Waals surface area contributed by atoms with Gasteiger partial charge in [-0.3, -0.25) is 33.9 Å². The van der Waals surface area contributed by atoms with Gasteiger partial charge in [-0.05, 0) is 30.4 Å². The average Bonchev–Trinajstić information content (AvgIpc) is 3.30. The fourth-order valence-electron chi connectivity index (χ4n) is 5.39. The summed E-state index contributed by atoms with van der Waals surface area (Å²) in [5, 5.41) is 4.62. The number of imide groups is 1. The lowest BCUT2D eigenvalue weighted by Crippen LogP contribution is -2.52. The van der Waals surface area contributed by atoms with Crippen LogP contribution >= 0.6 is 0 Å². The van der Waals surface area contributed by atoms with Crippen molar-refractivity contribution in [3.63, 3.8) is 0 Å². The van der Waals surface area contributed by atoms with E-state index in [2.05, 4.69) is 15.1 Å².